The number of aryl methyl sites for hydroxylation is 2. The normalized spacial score (nSPS) is 21.9. The molecule has 9 heteroatoms. The van der Waals surface area contributed by atoms with Gasteiger partial charge in [-0.05, 0) is 20.8 Å². The number of anilines is 1. The Bertz CT molecular complexity index is 553. The third-order valence-corrected chi connectivity index (χ3v) is 4.27. The molecule has 1 saturated heterocycles. The minimum Gasteiger partial charge on any atom is -0.480 e. The van der Waals surface area contributed by atoms with Gasteiger partial charge in [-0.1, -0.05) is 0 Å². The van der Waals surface area contributed by atoms with Gasteiger partial charge in [0, 0.05) is 5.75 Å². The summed E-state index contributed by atoms with van der Waals surface area (Å²) in [5, 5.41) is 19.0. The summed E-state index contributed by atoms with van der Waals surface area (Å²) in [6, 6.07) is -1.37. The van der Waals surface area contributed by atoms with E-state index in [1.165, 1.54) is 16.7 Å². The fourth-order valence-corrected chi connectivity index (χ4v) is 2.98. The van der Waals surface area contributed by atoms with Crippen molar-refractivity contribution >= 4 is 29.7 Å². The van der Waals surface area contributed by atoms with Crippen LogP contribution in [0.15, 0.2) is 0 Å². The number of carbonyl (C=O) groups excluding carboxylic acids is 1. The predicted molar refractivity (Wildman–Crippen MR) is 73.5 cm³/mol. The fourth-order valence-electron chi connectivity index (χ4n) is 1.81. The number of aromatic nitrogens is 3. The number of amides is 2. The Balaban J connectivity index is 2.14. The van der Waals surface area contributed by atoms with Gasteiger partial charge in [0.05, 0.1) is 16.8 Å². The monoisotopic (exact) mass is 297 g/mol. The molecule has 0 aliphatic carbocycles. The molecule has 8 nitrogen and oxygen atoms in total. The topological polar surface area (TPSA) is 108 Å². The van der Waals surface area contributed by atoms with E-state index in [9.17, 15) is 9.59 Å². The Morgan fingerprint density at radius 1 is 1.35 bits per heavy atom. The van der Waals surface area contributed by atoms with Gasteiger partial charge in [-0.2, -0.15) is 5.10 Å². The van der Waals surface area contributed by atoms with Crippen molar-refractivity contribution in [1.29, 1.82) is 0 Å². The van der Waals surface area contributed by atoms with Gasteiger partial charge in [-0.15, -0.1) is 16.9 Å². The first-order valence-electron chi connectivity index (χ1n) is 6.01. The molecule has 2 atom stereocenters. The van der Waals surface area contributed by atoms with E-state index in [-0.39, 0.29) is 11.3 Å². The number of urea groups is 1. The molecule has 2 heterocycles. The van der Waals surface area contributed by atoms with Crippen LogP contribution in [0.5, 0.6) is 0 Å². The number of hydrogen-bond donors (Lipinski definition) is 2. The SMILES string of the molecule is Cc1nnc(NC(=O)N2C(C)SCC2C(=O)O)nc1C. The maximum Gasteiger partial charge on any atom is 0.327 e. The van der Waals surface area contributed by atoms with Crippen LogP contribution in [0.1, 0.15) is 18.3 Å². The highest BCUT2D eigenvalue weighted by atomic mass is 32.2. The molecule has 2 rings (SSSR count). The molecule has 2 unspecified atom stereocenters. The highest BCUT2D eigenvalue weighted by Crippen LogP contribution is 2.29. The maximum absolute atomic E-state index is 12.2. The molecular formula is C11H15N5O3S. The summed E-state index contributed by atoms with van der Waals surface area (Å²) in [6.07, 6.45) is 0. The molecule has 1 aliphatic rings. The van der Waals surface area contributed by atoms with E-state index in [0.29, 0.717) is 17.1 Å². The van der Waals surface area contributed by atoms with Crippen LogP contribution < -0.4 is 5.32 Å². The average molecular weight is 297 g/mol. The highest BCUT2D eigenvalue weighted by molar-refractivity contribution is 8.00. The molecule has 20 heavy (non-hydrogen) atoms. The number of carbonyl (C=O) groups is 2. The first-order valence-corrected chi connectivity index (χ1v) is 7.06. The van der Waals surface area contributed by atoms with Crippen molar-refractivity contribution in [3.8, 4) is 0 Å². The second-order valence-electron chi connectivity index (χ2n) is 4.43. The number of thioether (sulfide) groups is 1. The van der Waals surface area contributed by atoms with Crippen molar-refractivity contribution < 1.29 is 14.7 Å². The van der Waals surface area contributed by atoms with Gasteiger partial charge in [0.1, 0.15) is 6.04 Å². The first-order chi connectivity index (χ1) is 9.40. The van der Waals surface area contributed by atoms with Gasteiger partial charge in [0.25, 0.3) is 5.95 Å². The molecule has 108 valence electrons. The van der Waals surface area contributed by atoms with Gasteiger partial charge >= 0.3 is 12.0 Å². The zero-order chi connectivity index (χ0) is 14.9. The maximum atomic E-state index is 12.2. The van der Waals surface area contributed by atoms with Crippen LogP contribution in [-0.2, 0) is 4.79 Å². The number of nitrogens with one attached hydrogen (secondary N) is 1. The predicted octanol–water partition coefficient (Wildman–Crippen LogP) is 0.868. The molecule has 0 saturated carbocycles. The lowest BCUT2D eigenvalue weighted by molar-refractivity contribution is -0.141. The summed E-state index contributed by atoms with van der Waals surface area (Å²) in [5.74, 6) is -0.571. The van der Waals surface area contributed by atoms with Gasteiger partial charge in [-0.25, -0.2) is 14.6 Å². The standard InChI is InChI=1S/C11H15N5O3S/c1-5-6(2)14-15-10(12-5)13-11(19)16-7(3)20-4-8(16)9(17)18/h7-8H,4H2,1-3H3,(H,17,18)(H,12,13,15,19). The number of rotatable bonds is 2. The van der Waals surface area contributed by atoms with E-state index in [1.807, 2.05) is 0 Å². The Morgan fingerprint density at radius 2 is 2.05 bits per heavy atom. The van der Waals surface area contributed by atoms with Crippen molar-refractivity contribution in [2.75, 3.05) is 11.1 Å². The van der Waals surface area contributed by atoms with E-state index in [0.717, 1.165) is 0 Å². The van der Waals surface area contributed by atoms with Gasteiger partial charge in [0.15, 0.2) is 0 Å². The van der Waals surface area contributed by atoms with Crippen LogP contribution in [0.4, 0.5) is 10.7 Å². The molecular weight excluding hydrogens is 282 g/mol. The van der Waals surface area contributed by atoms with E-state index >= 15 is 0 Å². The second-order valence-corrected chi connectivity index (χ2v) is 5.78. The fraction of sp³-hybridized carbons (Fsp3) is 0.545. The lowest BCUT2D eigenvalue weighted by atomic mass is 10.3. The third-order valence-electron chi connectivity index (χ3n) is 3.05. The van der Waals surface area contributed by atoms with Crippen LogP contribution in [0, 0.1) is 13.8 Å². The van der Waals surface area contributed by atoms with Crippen molar-refractivity contribution in [3.05, 3.63) is 11.4 Å². The molecule has 1 fully saturated rings. The van der Waals surface area contributed by atoms with Crippen LogP contribution in [0.25, 0.3) is 0 Å². The summed E-state index contributed by atoms with van der Waals surface area (Å²) < 4.78 is 0. The minimum absolute atomic E-state index is 0.0753. The summed E-state index contributed by atoms with van der Waals surface area (Å²) in [5.41, 5.74) is 1.34. The van der Waals surface area contributed by atoms with E-state index in [4.69, 9.17) is 5.11 Å². The van der Waals surface area contributed by atoms with Crippen LogP contribution in [0.3, 0.4) is 0 Å². The molecule has 0 aromatic carbocycles. The van der Waals surface area contributed by atoms with Gasteiger partial charge < -0.3 is 5.11 Å². The smallest absolute Gasteiger partial charge is 0.327 e. The molecule has 0 spiro atoms. The molecule has 2 N–H and O–H groups in total. The third kappa shape index (κ3) is 2.82. The first kappa shape index (κ1) is 14.5. The number of carboxylic acid groups (broad SMARTS) is 1. The lowest BCUT2D eigenvalue weighted by Crippen LogP contribution is -2.47. The van der Waals surface area contributed by atoms with Crippen molar-refractivity contribution in [1.82, 2.24) is 20.1 Å². The Morgan fingerprint density at radius 3 is 2.65 bits per heavy atom. The van der Waals surface area contributed by atoms with Crippen molar-refractivity contribution in [2.45, 2.75) is 32.2 Å². The van der Waals surface area contributed by atoms with Gasteiger partial charge in [-0.3, -0.25) is 10.2 Å². The quantitative estimate of drug-likeness (QED) is 0.833. The Hall–Kier alpha value is -1.90. The average Bonchev–Trinajstić information content (AvgIpc) is 2.76. The second kappa shape index (κ2) is 5.61. The summed E-state index contributed by atoms with van der Waals surface area (Å²) in [6.45, 7) is 5.31. The summed E-state index contributed by atoms with van der Waals surface area (Å²) >= 11 is 1.41. The minimum atomic E-state index is -1.02. The molecule has 2 amide bonds. The largest absolute Gasteiger partial charge is 0.480 e. The van der Waals surface area contributed by atoms with Gasteiger partial charge in [0.2, 0.25) is 0 Å². The zero-order valence-electron chi connectivity index (χ0n) is 11.3. The van der Waals surface area contributed by atoms with E-state index in [1.54, 1.807) is 20.8 Å². The zero-order valence-corrected chi connectivity index (χ0v) is 12.1. The van der Waals surface area contributed by atoms with Crippen molar-refractivity contribution in [3.63, 3.8) is 0 Å². The number of aliphatic carboxylic acids is 1. The molecule has 0 radical (unpaired) electrons. The van der Waals surface area contributed by atoms with Crippen LogP contribution in [0.2, 0.25) is 0 Å². The highest BCUT2D eigenvalue weighted by Gasteiger charge is 2.39. The molecule has 1 aromatic heterocycles. The molecule has 0 bridgehead atoms. The number of carboxylic acids is 1. The number of hydrogen-bond acceptors (Lipinski definition) is 6. The molecule has 1 aromatic rings. The summed E-state index contributed by atoms with van der Waals surface area (Å²) in [4.78, 5) is 28.7. The Labute approximate surface area is 120 Å². The Kier molecular flexibility index (Phi) is 4.07. The van der Waals surface area contributed by atoms with Crippen LogP contribution in [-0.4, -0.2) is 54.4 Å². The lowest BCUT2D eigenvalue weighted by Gasteiger charge is -2.24. The van der Waals surface area contributed by atoms with Crippen molar-refractivity contribution in [2.24, 2.45) is 0 Å². The number of nitrogens with zero attached hydrogens (tertiary/aromatic N) is 4. The molecule has 1 aliphatic heterocycles. The van der Waals surface area contributed by atoms with E-state index in [2.05, 4.69) is 20.5 Å². The summed E-state index contributed by atoms with van der Waals surface area (Å²) in [7, 11) is 0. The van der Waals surface area contributed by atoms with E-state index < -0.39 is 18.0 Å². The van der Waals surface area contributed by atoms with Crippen LogP contribution >= 0.6 is 11.8 Å².